The van der Waals surface area contributed by atoms with Gasteiger partial charge in [0.15, 0.2) is 5.82 Å². The van der Waals surface area contributed by atoms with Gasteiger partial charge in [-0.25, -0.2) is 9.97 Å². The minimum Gasteiger partial charge on any atom is -0.494 e. The van der Waals surface area contributed by atoms with E-state index in [1.165, 1.54) is 35.4 Å². The molecule has 5 rings (SSSR count). The van der Waals surface area contributed by atoms with E-state index in [4.69, 9.17) is 23.7 Å². The average molecular weight is 947 g/mol. The Morgan fingerprint density at radius 3 is 2.26 bits per heavy atom. The summed E-state index contributed by atoms with van der Waals surface area (Å²) in [4.78, 5) is 67.5. The fraction of sp³-hybridized carbons (Fsp3) is 0.522. The van der Waals surface area contributed by atoms with Crippen molar-refractivity contribution in [2.75, 3.05) is 112 Å². The number of aromatic amines is 1. The Hall–Kier alpha value is -6.16. The van der Waals surface area contributed by atoms with Crippen LogP contribution >= 0.6 is 0 Å². The highest BCUT2D eigenvalue weighted by atomic mass is 16.6. The van der Waals surface area contributed by atoms with E-state index < -0.39 is 29.7 Å². The number of aliphatic hydroxyl groups excluding tert-OH is 3. The number of allylic oxidation sites excluding steroid dienone is 1. The molecule has 1 aromatic carbocycles. The third-order valence-corrected chi connectivity index (χ3v) is 11.0. The Morgan fingerprint density at radius 2 is 1.62 bits per heavy atom. The van der Waals surface area contributed by atoms with Gasteiger partial charge in [-0.15, -0.1) is 5.10 Å². The SMILES string of the molecule is CCOCCOCCOCCOCCC(=O)NCCCN(C[C@@H](O)CNC(=O)c1ncn(-c2ncc(OC)c3c(C(=O)C(=O)N4CCC(=C(C#N)c5ccccc5)CC4)c[nH]c23)n1)C(CO)CO. The topological polar surface area (TPSA) is 289 Å². The quantitative estimate of drug-likeness (QED) is 0.0181. The summed E-state index contributed by atoms with van der Waals surface area (Å²) in [6.45, 7) is 5.59. The van der Waals surface area contributed by atoms with Crippen LogP contribution in [0.15, 0.2) is 54.6 Å². The number of carbonyl (C=O) groups excluding carboxylic acids is 4. The number of rotatable bonds is 30. The van der Waals surface area contributed by atoms with Gasteiger partial charge in [0.2, 0.25) is 11.7 Å². The molecule has 0 bridgehead atoms. The van der Waals surface area contributed by atoms with Crippen molar-refractivity contribution < 1.29 is 58.2 Å². The first kappa shape index (κ1) is 52.8. The van der Waals surface area contributed by atoms with E-state index >= 15 is 0 Å². The zero-order chi connectivity index (χ0) is 48.7. The minimum atomic E-state index is -1.13. The van der Waals surface area contributed by atoms with Crippen LogP contribution in [0.2, 0.25) is 0 Å². The van der Waals surface area contributed by atoms with Gasteiger partial charge in [-0.2, -0.15) is 9.94 Å². The van der Waals surface area contributed by atoms with E-state index in [1.54, 1.807) is 4.90 Å². The third-order valence-electron chi connectivity index (χ3n) is 11.0. The molecule has 3 amide bonds. The highest BCUT2D eigenvalue weighted by Crippen LogP contribution is 2.33. The lowest BCUT2D eigenvalue weighted by molar-refractivity contribution is -0.127. The van der Waals surface area contributed by atoms with Gasteiger partial charge < -0.3 is 59.5 Å². The zero-order valence-electron chi connectivity index (χ0n) is 38.6. The predicted octanol–water partition coefficient (Wildman–Crippen LogP) is 0.663. The molecule has 1 aliphatic rings. The summed E-state index contributed by atoms with van der Waals surface area (Å²) in [6.07, 6.45) is 4.37. The summed E-state index contributed by atoms with van der Waals surface area (Å²) >= 11 is 0. The van der Waals surface area contributed by atoms with Crippen molar-refractivity contribution in [3.63, 3.8) is 0 Å². The van der Waals surface area contributed by atoms with E-state index in [9.17, 15) is 39.8 Å². The summed E-state index contributed by atoms with van der Waals surface area (Å²) in [7, 11) is 1.40. The third kappa shape index (κ3) is 15.2. The molecular formula is C46H62N10O12. The number of carbonyl (C=O) groups is 4. The normalized spacial score (nSPS) is 13.2. The zero-order valence-corrected chi connectivity index (χ0v) is 38.6. The standard InChI is InChI=1S/C46H62N10O12/c1-3-65-18-19-67-22-23-68-21-20-66-17-12-39(60)48-13-7-14-55(34(29-57)30-58)28-35(59)25-51-45(62)43-52-31-56(53-43)44-41-40(38(64-2)27-50-44)37(26-49-41)42(61)46(63)54-15-10-33(11-16-54)36(24-47)32-8-5-4-6-9-32/h4-6,8-9,26-27,31,34-35,49,57-59H,3,7,10-23,25,28-30H2,1-2H3,(H,48,60)(H,51,62)/t35-/m0/s1. The van der Waals surface area contributed by atoms with Crippen LogP contribution in [0, 0.1) is 11.3 Å². The number of fused-ring (bicyclic) bond motifs is 1. The molecule has 22 heteroatoms. The monoisotopic (exact) mass is 946 g/mol. The van der Waals surface area contributed by atoms with Gasteiger partial charge in [0.25, 0.3) is 17.6 Å². The molecule has 1 atom stereocenters. The molecule has 68 heavy (non-hydrogen) atoms. The maximum absolute atomic E-state index is 13.8. The Kier molecular flexibility index (Phi) is 21.9. The fourth-order valence-electron chi connectivity index (χ4n) is 7.43. The first-order chi connectivity index (χ1) is 33.1. The number of hydrogen-bond acceptors (Lipinski definition) is 17. The van der Waals surface area contributed by atoms with E-state index in [0.717, 1.165) is 11.1 Å². The first-order valence-electron chi connectivity index (χ1n) is 22.6. The molecule has 0 saturated carbocycles. The minimum absolute atomic E-state index is 0.0203. The number of H-pyrrole nitrogens is 1. The van der Waals surface area contributed by atoms with E-state index in [2.05, 4.69) is 36.8 Å². The van der Waals surface area contributed by atoms with Crippen LogP contribution in [0.3, 0.4) is 0 Å². The van der Waals surface area contributed by atoms with Crippen molar-refractivity contribution in [1.29, 1.82) is 5.26 Å². The largest absolute Gasteiger partial charge is 0.494 e. The van der Waals surface area contributed by atoms with Gasteiger partial charge >= 0.3 is 0 Å². The molecule has 3 aromatic heterocycles. The molecule has 0 spiro atoms. The maximum Gasteiger partial charge on any atom is 0.295 e. The Labute approximate surface area is 394 Å². The highest BCUT2D eigenvalue weighted by Gasteiger charge is 2.31. The first-order valence-corrected chi connectivity index (χ1v) is 22.6. The summed E-state index contributed by atoms with van der Waals surface area (Å²) in [5.74, 6) is -2.27. The molecule has 1 aliphatic heterocycles. The number of likely N-dealkylation sites (tertiary alicyclic amines) is 1. The van der Waals surface area contributed by atoms with Crippen molar-refractivity contribution in [3.05, 3.63) is 71.6 Å². The lowest BCUT2D eigenvalue weighted by atomic mass is 9.93. The molecule has 4 aromatic rings. The van der Waals surface area contributed by atoms with Gasteiger partial charge in [-0.3, -0.25) is 24.1 Å². The second kappa shape index (κ2) is 28.2. The summed E-state index contributed by atoms with van der Waals surface area (Å²) in [5.41, 5.74) is 2.65. The molecule has 0 radical (unpaired) electrons. The number of benzene rings is 1. The molecule has 1 saturated heterocycles. The van der Waals surface area contributed by atoms with Crippen LogP contribution in [-0.4, -0.2) is 198 Å². The van der Waals surface area contributed by atoms with Gasteiger partial charge in [0.1, 0.15) is 12.1 Å². The number of aliphatic hydroxyl groups is 3. The van der Waals surface area contributed by atoms with Crippen LogP contribution in [-0.2, 0) is 28.5 Å². The number of nitrogens with zero attached hydrogens (tertiary/aromatic N) is 7. The van der Waals surface area contributed by atoms with Gasteiger partial charge in [-0.05, 0) is 37.3 Å². The van der Waals surface area contributed by atoms with E-state index in [-0.39, 0.29) is 92.2 Å². The average Bonchev–Trinajstić information content (AvgIpc) is 4.05. The molecule has 22 nitrogen and oxygen atoms in total. The number of ketones is 1. The fourth-order valence-corrected chi connectivity index (χ4v) is 7.43. The van der Waals surface area contributed by atoms with Crippen molar-refractivity contribution in [2.24, 2.45) is 0 Å². The Bertz CT molecular complexity index is 2300. The number of aromatic nitrogens is 5. The number of nitriles is 1. The van der Waals surface area contributed by atoms with Gasteiger partial charge in [0.05, 0.1) is 113 Å². The van der Waals surface area contributed by atoms with E-state index in [1.807, 2.05) is 37.3 Å². The lowest BCUT2D eigenvalue weighted by Gasteiger charge is -2.31. The number of methoxy groups -OCH3 is 1. The van der Waals surface area contributed by atoms with Crippen LogP contribution in [0.1, 0.15) is 59.1 Å². The van der Waals surface area contributed by atoms with Gasteiger partial charge in [0, 0.05) is 58.5 Å². The van der Waals surface area contributed by atoms with Crippen molar-refractivity contribution >= 4 is 40.0 Å². The van der Waals surface area contributed by atoms with E-state index in [0.29, 0.717) is 84.2 Å². The number of Topliss-reactive ketones (excluding diaryl/α,β-unsaturated/α-hetero) is 1. The second-order valence-electron chi connectivity index (χ2n) is 15.6. The summed E-state index contributed by atoms with van der Waals surface area (Å²) < 4.78 is 28.2. The van der Waals surface area contributed by atoms with Crippen molar-refractivity contribution in [1.82, 2.24) is 45.2 Å². The van der Waals surface area contributed by atoms with Crippen molar-refractivity contribution in [3.8, 4) is 17.6 Å². The number of amides is 3. The number of nitrogens with one attached hydrogen (secondary N) is 3. The molecule has 6 N–H and O–H groups in total. The van der Waals surface area contributed by atoms with Crippen LogP contribution in [0.25, 0.3) is 22.3 Å². The summed E-state index contributed by atoms with van der Waals surface area (Å²) in [5, 5.41) is 50.5. The predicted molar refractivity (Wildman–Crippen MR) is 246 cm³/mol. The Balaban J connectivity index is 1.08. The number of ether oxygens (including phenoxy) is 5. The number of pyridine rings is 1. The van der Waals surface area contributed by atoms with Gasteiger partial charge in [-0.1, -0.05) is 30.3 Å². The smallest absolute Gasteiger partial charge is 0.295 e. The van der Waals surface area contributed by atoms with Crippen molar-refractivity contribution in [2.45, 2.75) is 44.8 Å². The number of piperidine rings is 1. The lowest BCUT2D eigenvalue weighted by Crippen LogP contribution is -2.48. The molecule has 0 aliphatic carbocycles. The molecule has 1 fully saturated rings. The van der Waals surface area contributed by atoms with Crippen LogP contribution in [0.5, 0.6) is 5.75 Å². The second-order valence-corrected chi connectivity index (χ2v) is 15.6. The van der Waals surface area contributed by atoms with Crippen LogP contribution < -0.4 is 15.4 Å². The highest BCUT2D eigenvalue weighted by molar-refractivity contribution is 6.45. The molecular weight excluding hydrogens is 885 g/mol. The molecule has 0 unspecified atom stereocenters. The number of hydrogen-bond donors (Lipinski definition) is 6. The Morgan fingerprint density at radius 1 is 0.941 bits per heavy atom. The summed E-state index contributed by atoms with van der Waals surface area (Å²) in [6, 6.07) is 10.9. The van der Waals surface area contributed by atoms with Crippen LogP contribution in [0.4, 0.5) is 0 Å². The molecule has 4 heterocycles. The maximum atomic E-state index is 13.8. The molecule has 368 valence electrons.